The lowest BCUT2D eigenvalue weighted by Crippen LogP contribution is -2.46. The minimum absolute atomic E-state index is 0.392. The van der Waals surface area contributed by atoms with Gasteiger partial charge in [-0.15, -0.1) is 0 Å². The molecule has 19 heavy (non-hydrogen) atoms. The van der Waals surface area contributed by atoms with Crippen LogP contribution in [0.5, 0.6) is 0 Å². The Morgan fingerprint density at radius 3 is 2.68 bits per heavy atom. The molecule has 1 fully saturated rings. The number of furan rings is 1. The van der Waals surface area contributed by atoms with E-state index in [1.807, 2.05) is 11.0 Å². The van der Waals surface area contributed by atoms with Gasteiger partial charge in [0, 0.05) is 13.1 Å². The van der Waals surface area contributed by atoms with E-state index in [1.165, 1.54) is 0 Å². The fourth-order valence-electron chi connectivity index (χ4n) is 2.22. The molecule has 2 aromatic rings. The minimum atomic E-state index is -0.451. The first-order valence-electron chi connectivity index (χ1n) is 6.19. The normalized spacial score (nSPS) is 15.9. The van der Waals surface area contributed by atoms with E-state index in [2.05, 4.69) is 5.32 Å². The van der Waals surface area contributed by atoms with Crippen LogP contribution in [0.2, 0.25) is 0 Å². The Bertz CT molecular complexity index is 619. The van der Waals surface area contributed by atoms with Crippen molar-refractivity contribution in [3.63, 3.8) is 0 Å². The largest absolute Gasteiger partial charge is 0.467 e. The van der Waals surface area contributed by atoms with Gasteiger partial charge in [0.05, 0.1) is 26.0 Å². The second-order valence-corrected chi connectivity index (χ2v) is 4.41. The molecule has 1 aliphatic rings. The Balaban J connectivity index is 1.76. The Labute approximate surface area is 109 Å². The van der Waals surface area contributed by atoms with Crippen LogP contribution in [0.3, 0.4) is 0 Å². The zero-order valence-electron chi connectivity index (χ0n) is 10.3. The summed E-state index contributed by atoms with van der Waals surface area (Å²) >= 11 is 0. The molecule has 3 rings (SSSR count). The highest BCUT2D eigenvalue weighted by atomic mass is 16.5. The Morgan fingerprint density at radius 2 is 2.00 bits per heavy atom. The van der Waals surface area contributed by atoms with Crippen molar-refractivity contribution in [2.75, 3.05) is 36.5 Å². The van der Waals surface area contributed by atoms with Crippen molar-refractivity contribution >= 4 is 11.4 Å². The first-order chi connectivity index (χ1) is 9.27. The molecule has 0 atom stereocenters. The molecular formula is C13H14N2O4. The number of ether oxygens (including phenoxy) is 1. The standard InChI is InChI=1S/C13H14N2O4/c16-12-10(14-8-9-2-1-5-19-9)11(13(12)17)15-3-6-18-7-4-15/h1-2,5,14H,3-4,6-8H2. The van der Waals surface area contributed by atoms with Crippen LogP contribution in [-0.2, 0) is 11.3 Å². The number of hydrogen-bond acceptors (Lipinski definition) is 6. The van der Waals surface area contributed by atoms with Gasteiger partial charge in [-0.05, 0) is 12.1 Å². The van der Waals surface area contributed by atoms with Crippen LogP contribution in [0.25, 0.3) is 0 Å². The highest BCUT2D eigenvalue weighted by Gasteiger charge is 2.26. The quantitative estimate of drug-likeness (QED) is 0.800. The molecule has 6 nitrogen and oxygen atoms in total. The highest BCUT2D eigenvalue weighted by molar-refractivity contribution is 5.75. The van der Waals surface area contributed by atoms with Crippen LogP contribution in [0.1, 0.15) is 5.76 Å². The summed E-state index contributed by atoms with van der Waals surface area (Å²) in [6.07, 6.45) is 1.57. The number of nitrogens with one attached hydrogen (secondary N) is 1. The van der Waals surface area contributed by atoms with Crippen molar-refractivity contribution < 1.29 is 9.15 Å². The lowest BCUT2D eigenvalue weighted by molar-refractivity contribution is 0.122. The van der Waals surface area contributed by atoms with Gasteiger partial charge >= 0.3 is 0 Å². The zero-order valence-corrected chi connectivity index (χ0v) is 10.3. The van der Waals surface area contributed by atoms with E-state index >= 15 is 0 Å². The molecule has 2 heterocycles. The first kappa shape index (κ1) is 12.0. The van der Waals surface area contributed by atoms with Gasteiger partial charge in [0.25, 0.3) is 10.9 Å². The van der Waals surface area contributed by atoms with E-state index < -0.39 is 10.9 Å². The van der Waals surface area contributed by atoms with Crippen LogP contribution >= 0.6 is 0 Å². The summed E-state index contributed by atoms with van der Waals surface area (Å²) in [6, 6.07) is 3.59. The zero-order chi connectivity index (χ0) is 13.2. The number of anilines is 2. The van der Waals surface area contributed by atoms with Crippen molar-refractivity contribution in [1.29, 1.82) is 0 Å². The monoisotopic (exact) mass is 262 g/mol. The fourth-order valence-corrected chi connectivity index (χ4v) is 2.22. The van der Waals surface area contributed by atoms with E-state index in [1.54, 1.807) is 12.3 Å². The summed E-state index contributed by atoms with van der Waals surface area (Å²) < 4.78 is 10.4. The molecule has 100 valence electrons. The first-order valence-corrected chi connectivity index (χ1v) is 6.19. The SMILES string of the molecule is O=c1c(NCc2ccco2)c(N2CCOCC2)c1=O. The number of hydrogen-bond donors (Lipinski definition) is 1. The molecule has 1 N–H and O–H groups in total. The highest BCUT2D eigenvalue weighted by Crippen LogP contribution is 2.21. The summed E-state index contributed by atoms with van der Waals surface area (Å²) in [5.74, 6) is 0.723. The molecule has 1 aromatic heterocycles. The third kappa shape index (κ3) is 2.15. The molecule has 0 amide bonds. The third-order valence-electron chi connectivity index (χ3n) is 3.23. The Morgan fingerprint density at radius 1 is 1.21 bits per heavy atom. The second kappa shape index (κ2) is 4.89. The minimum Gasteiger partial charge on any atom is -0.467 e. The molecular weight excluding hydrogens is 248 g/mol. The van der Waals surface area contributed by atoms with Gasteiger partial charge in [-0.25, -0.2) is 0 Å². The molecule has 0 bridgehead atoms. The molecule has 1 saturated heterocycles. The summed E-state index contributed by atoms with van der Waals surface area (Å²) in [5, 5.41) is 2.98. The molecule has 1 aliphatic heterocycles. The lowest BCUT2D eigenvalue weighted by atomic mass is 10.1. The van der Waals surface area contributed by atoms with E-state index in [-0.39, 0.29) is 0 Å². The maximum Gasteiger partial charge on any atom is 0.253 e. The van der Waals surface area contributed by atoms with Crippen molar-refractivity contribution in [1.82, 2.24) is 0 Å². The Hall–Kier alpha value is -2.08. The summed E-state index contributed by atoms with van der Waals surface area (Å²) in [5.41, 5.74) is 0.0139. The summed E-state index contributed by atoms with van der Waals surface area (Å²) in [6.45, 7) is 2.84. The fraction of sp³-hybridized carbons (Fsp3) is 0.385. The molecule has 0 aliphatic carbocycles. The predicted octanol–water partition coefficient (Wildman–Crippen LogP) is 0.324. The van der Waals surface area contributed by atoms with Crippen LogP contribution in [0.4, 0.5) is 11.4 Å². The van der Waals surface area contributed by atoms with Crippen molar-refractivity contribution in [2.24, 2.45) is 0 Å². The van der Waals surface area contributed by atoms with E-state index in [4.69, 9.17) is 9.15 Å². The summed E-state index contributed by atoms with van der Waals surface area (Å²) in [4.78, 5) is 25.2. The van der Waals surface area contributed by atoms with Crippen molar-refractivity contribution in [3.8, 4) is 0 Å². The van der Waals surface area contributed by atoms with Gasteiger partial charge in [-0.1, -0.05) is 0 Å². The van der Waals surface area contributed by atoms with Gasteiger partial charge in [0.15, 0.2) is 0 Å². The average molecular weight is 262 g/mol. The van der Waals surface area contributed by atoms with Crippen LogP contribution in [0.15, 0.2) is 32.4 Å². The van der Waals surface area contributed by atoms with Gasteiger partial charge in [0.1, 0.15) is 17.1 Å². The smallest absolute Gasteiger partial charge is 0.253 e. The summed E-state index contributed by atoms with van der Waals surface area (Å²) in [7, 11) is 0. The number of morpholine rings is 1. The number of nitrogens with zero attached hydrogens (tertiary/aromatic N) is 1. The van der Waals surface area contributed by atoms with E-state index in [0.717, 1.165) is 5.76 Å². The lowest BCUT2D eigenvalue weighted by Gasteiger charge is -2.30. The van der Waals surface area contributed by atoms with Crippen LogP contribution < -0.4 is 21.1 Å². The van der Waals surface area contributed by atoms with E-state index in [0.29, 0.717) is 44.2 Å². The number of rotatable bonds is 4. The van der Waals surface area contributed by atoms with Gasteiger partial charge in [-0.2, -0.15) is 0 Å². The van der Waals surface area contributed by atoms with Gasteiger partial charge in [0.2, 0.25) is 0 Å². The molecule has 0 saturated carbocycles. The second-order valence-electron chi connectivity index (χ2n) is 4.41. The van der Waals surface area contributed by atoms with Gasteiger partial charge in [-0.3, -0.25) is 9.59 Å². The molecule has 1 aromatic carbocycles. The Kier molecular flexibility index (Phi) is 3.08. The molecule has 0 radical (unpaired) electrons. The van der Waals surface area contributed by atoms with E-state index in [9.17, 15) is 9.59 Å². The average Bonchev–Trinajstić information content (AvgIpc) is 2.96. The molecule has 6 heteroatoms. The molecule has 0 unspecified atom stereocenters. The van der Waals surface area contributed by atoms with Crippen molar-refractivity contribution in [2.45, 2.75) is 6.54 Å². The maximum atomic E-state index is 11.7. The third-order valence-corrected chi connectivity index (χ3v) is 3.23. The van der Waals surface area contributed by atoms with Crippen LogP contribution in [-0.4, -0.2) is 26.3 Å². The van der Waals surface area contributed by atoms with Crippen LogP contribution in [0, 0.1) is 0 Å². The van der Waals surface area contributed by atoms with Gasteiger partial charge < -0.3 is 19.4 Å². The van der Waals surface area contributed by atoms with Crippen molar-refractivity contribution in [3.05, 3.63) is 44.6 Å². The predicted molar refractivity (Wildman–Crippen MR) is 70.4 cm³/mol. The molecule has 0 spiro atoms. The maximum absolute atomic E-state index is 11.7. The topological polar surface area (TPSA) is 71.8 Å².